The van der Waals surface area contributed by atoms with Crippen LogP contribution in [0.15, 0.2) is 0 Å². The number of rotatable bonds is 6. The molecule has 1 saturated carbocycles. The normalized spacial score (nSPS) is 36.3. The molecular formula is C15H27FO2. The van der Waals surface area contributed by atoms with Gasteiger partial charge in [0, 0.05) is 5.41 Å². The zero-order valence-corrected chi connectivity index (χ0v) is 11.7. The number of aliphatic hydroxyl groups excluding tert-OH is 1. The molecule has 2 aliphatic rings. The average molecular weight is 258 g/mol. The van der Waals surface area contributed by atoms with Crippen molar-refractivity contribution in [1.29, 1.82) is 0 Å². The Balaban J connectivity index is 1.76. The number of halogens is 1. The third-order valence-electron chi connectivity index (χ3n) is 4.90. The minimum atomic E-state index is -0.248. The number of hydrogen-bond acceptors (Lipinski definition) is 2. The van der Waals surface area contributed by atoms with E-state index in [-0.39, 0.29) is 18.2 Å². The van der Waals surface area contributed by atoms with Gasteiger partial charge in [-0.3, -0.25) is 4.39 Å². The van der Waals surface area contributed by atoms with Gasteiger partial charge in [0.25, 0.3) is 0 Å². The Hall–Kier alpha value is -0.150. The molecule has 0 bridgehead atoms. The van der Waals surface area contributed by atoms with Crippen molar-refractivity contribution in [3.05, 3.63) is 0 Å². The summed E-state index contributed by atoms with van der Waals surface area (Å²) in [6, 6.07) is 0. The predicted octanol–water partition coefficient (Wildman–Crippen LogP) is 3.19. The van der Waals surface area contributed by atoms with E-state index in [1.54, 1.807) is 0 Å². The van der Waals surface area contributed by atoms with Crippen LogP contribution in [0.25, 0.3) is 0 Å². The first-order valence-corrected chi connectivity index (χ1v) is 7.40. The molecule has 2 rings (SSSR count). The van der Waals surface area contributed by atoms with E-state index < -0.39 is 0 Å². The zero-order chi connectivity index (χ0) is 13.2. The lowest BCUT2D eigenvalue weighted by molar-refractivity contribution is -0.134. The summed E-state index contributed by atoms with van der Waals surface area (Å²) in [6.45, 7) is 5.32. The summed E-state index contributed by atoms with van der Waals surface area (Å²) >= 11 is 0. The van der Waals surface area contributed by atoms with Crippen LogP contribution in [0.1, 0.15) is 46.0 Å². The van der Waals surface area contributed by atoms with E-state index in [4.69, 9.17) is 4.74 Å². The molecule has 1 N–H and O–H groups in total. The molecule has 2 fully saturated rings. The smallest absolute Gasteiger partial charge is 0.0994 e. The van der Waals surface area contributed by atoms with Gasteiger partial charge in [-0.25, -0.2) is 0 Å². The van der Waals surface area contributed by atoms with E-state index >= 15 is 0 Å². The molecule has 0 amide bonds. The Morgan fingerprint density at radius 2 is 2.11 bits per heavy atom. The summed E-state index contributed by atoms with van der Waals surface area (Å²) in [5, 5.41) is 9.93. The Bertz CT molecular complexity index is 260. The summed E-state index contributed by atoms with van der Waals surface area (Å²) in [6.07, 6.45) is 5.15. The summed E-state index contributed by atoms with van der Waals surface area (Å²) in [5.41, 5.74) is -0.180. The van der Waals surface area contributed by atoms with Crippen molar-refractivity contribution in [2.45, 2.75) is 52.1 Å². The quantitative estimate of drug-likeness (QED) is 0.793. The number of aliphatic hydroxyl groups is 1. The van der Waals surface area contributed by atoms with Gasteiger partial charge in [-0.2, -0.15) is 0 Å². The van der Waals surface area contributed by atoms with Crippen LogP contribution < -0.4 is 0 Å². The lowest BCUT2D eigenvalue weighted by Gasteiger charge is -2.41. The van der Waals surface area contributed by atoms with Gasteiger partial charge < -0.3 is 9.84 Å². The minimum absolute atomic E-state index is 0.102. The fourth-order valence-electron chi connectivity index (χ4n) is 3.88. The average Bonchev–Trinajstić information content (AvgIpc) is 2.64. The van der Waals surface area contributed by atoms with Gasteiger partial charge in [-0.05, 0) is 43.4 Å². The third kappa shape index (κ3) is 3.05. The topological polar surface area (TPSA) is 29.5 Å². The van der Waals surface area contributed by atoms with Crippen LogP contribution in [0, 0.1) is 23.2 Å². The molecule has 0 radical (unpaired) electrons. The van der Waals surface area contributed by atoms with Crippen LogP contribution in [0.3, 0.4) is 0 Å². The molecule has 0 aromatic rings. The number of hydrogen-bond donors (Lipinski definition) is 1. The van der Waals surface area contributed by atoms with Crippen LogP contribution >= 0.6 is 0 Å². The fourth-order valence-corrected chi connectivity index (χ4v) is 3.88. The van der Waals surface area contributed by atoms with Crippen molar-refractivity contribution < 1.29 is 14.2 Å². The highest BCUT2D eigenvalue weighted by Crippen LogP contribution is 2.41. The summed E-state index contributed by atoms with van der Waals surface area (Å²) < 4.78 is 18.2. The van der Waals surface area contributed by atoms with E-state index in [9.17, 15) is 9.50 Å². The second-order valence-electron chi connectivity index (χ2n) is 6.74. The van der Waals surface area contributed by atoms with Crippen LogP contribution in [0.2, 0.25) is 0 Å². The van der Waals surface area contributed by atoms with Crippen molar-refractivity contribution in [2.24, 2.45) is 23.2 Å². The molecule has 4 atom stereocenters. The first-order valence-electron chi connectivity index (χ1n) is 7.40. The van der Waals surface area contributed by atoms with Crippen LogP contribution in [0.5, 0.6) is 0 Å². The maximum Gasteiger partial charge on any atom is 0.0994 e. The molecule has 1 heterocycles. The van der Waals surface area contributed by atoms with E-state index in [0.29, 0.717) is 31.0 Å². The second kappa shape index (κ2) is 5.87. The molecule has 0 aromatic heterocycles. The summed E-state index contributed by atoms with van der Waals surface area (Å²) in [5.74, 6) is 1.67. The first-order chi connectivity index (χ1) is 8.58. The highest BCUT2D eigenvalue weighted by Gasteiger charge is 2.41. The number of alkyl halides is 1. The van der Waals surface area contributed by atoms with Crippen molar-refractivity contribution in [3.63, 3.8) is 0 Å². The number of ether oxygens (including phenoxy) is 1. The Kier molecular flexibility index (Phi) is 4.65. The lowest BCUT2D eigenvalue weighted by atomic mass is 9.76. The summed E-state index contributed by atoms with van der Waals surface area (Å²) in [4.78, 5) is 0. The van der Waals surface area contributed by atoms with E-state index in [1.165, 1.54) is 0 Å². The van der Waals surface area contributed by atoms with Crippen molar-refractivity contribution >= 4 is 0 Å². The molecule has 1 saturated heterocycles. The maximum atomic E-state index is 13.0. The van der Waals surface area contributed by atoms with Gasteiger partial charge in [-0.1, -0.05) is 20.3 Å². The van der Waals surface area contributed by atoms with Crippen molar-refractivity contribution in [3.8, 4) is 0 Å². The fraction of sp³-hybridized carbons (Fsp3) is 1.00. The Morgan fingerprint density at radius 1 is 1.39 bits per heavy atom. The van der Waals surface area contributed by atoms with E-state index in [0.717, 1.165) is 32.1 Å². The highest BCUT2D eigenvalue weighted by molar-refractivity contribution is 4.89. The molecule has 3 heteroatoms. The zero-order valence-electron chi connectivity index (χ0n) is 11.7. The highest BCUT2D eigenvalue weighted by atomic mass is 19.1. The van der Waals surface area contributed by atoms with Crippen molar-refractivity contribution in [2.75, 3.05) is 19.9 Å². The van der Waals surface area contributed by atoms with E-state index in [1.807, 2.05) is 0 Å². The van der Waals surface area contributed by atoms with Gasteiger partial charge in [0.15, 0.2) is 0 Å². The van der Waals surface area contributed by atoms with Gasteiger partial charge in [0.05, 0.1) is 26.0 Å². The molecule has 1 aliphatic heterocycles. The standard InChI is InChI=1S/C15H27FO2/c1-3-13-5-12(6-14(13)17)4-11(2)7-15(8-16)9-18-10-15/h11-14,17H,3-10H2,1-2H3. The molecule has 1 aliphatic carbocycles. The van der Waals surface area contributed by atoms with Gasteiger partial charge in [0.1, 0.15) is 0 Å². The maximum absolute atomic E-state index is 13.0. The SMILES string of the molecule is CCC1CC(CC(C)CC2(CF)COC2)CC1O. The first kappa shape index (κ1) is 14.3. The molecule has 18 heavy (non-hydrogen) atoms. The largest absolute Gasteiger partial charge is 0.393 e. The molecule has 0 spiro atoms. The molecule has 2 nitrogen and oxygen atoms in total. The predicted molar refractivity (Wildman–Crippen MR) is 70.1 cm³/mol. The third-order valence-corrected chi connectivity index (χ3v) is 4.90. The second-order valence-corrected chi connectivity index (χ2v) is 6.74. The molecule has 4 unspecified atom stereocenters. The van der Waals surface area contributed by atoms with Crippen LogP contribution in [-0.2, 0) is 4.74 Å². The van der Waals surface area contributed by atoms with Gasteiger partial charge >= 0.3 is 0 Å². The van der Waals surface area contributed by atoms with Gasteiger partial charge in [0.2, 0.25) is 0 Å². The van der Waals surface area contributed by atoms with Crippen molar-refractivity contribution in [1.82, 2.24) is 0 Å². The van der Waals surface area contributed by atoms with Crippen LogP contribution in [-0.4, -0.2) is 31.1 Å². The Labute approximate surface area is 110 Å². The lowest BCUT2D eigenvalue weighted by Crippen LogP contribution is -2.45. The molecular weight excluding hydrogens is 231 g/mol. The molecule has 0 aromatic carbocycles. The van der Waals surface area contributed by atoms with Crippen LogP contribution in [0.4, 0.5) is 4.39 Å². The molecule has 106 valence electrons. The monoisotopic (exact) mass is 258 g/mol. The van der Waals surface area contributed by atoms with Gasteiger partial charge in [-0.15, -0.1) is 0 Å². The van der Waals surface area contributed by atoms with E-state index in [2.05, 4.69) is 13.8 Å². The summed E-state index contributed by atoms with van der Waals surface area (Å²) in [7, 11) is 0. The minimum Gasteiger partial charge on any atom is -0.393 e. The Morgan fingerprint density at radius 3 is 2.56 bits per heavy atom.